The van der Waals surface area contributed by atoms with Crippen LogP contribution in [0.3, 0.4) is 0 Å². The number of aromatic nitrogens is 1. The minimum absolute atomic E-state index is 0.0673. The summed E-state index contributed by atoms with van der Waals surface area (Å²) in [4.78, 5) is 14.7. The molecule has 0 aliphatic carbocycles. The molecular weight excluding hydrogens is 208 g/mol. The molecule has 0 saturated carbocycles. The number of aliphatic carboxylic acids is 1. The van der Waals surface area contributed by atoms with E-state index in [1.165, 1.54) is 12.3 Å². The monoisotopic (exact) mass is 222 g/mol. The average molecular weight is 222 g/mol. The van der Waals surface area contributed by atoms with Crippen molar-refractivity contribution >= 4 is 11.5 Å². The van der Waals surface area contributed by atoms with E-state index in [0.717, 1.165) is 6.20 Å². The van der Waals surface area contributed by atoms with Crippen molar-refractivity contribution in [3.63, 3.8) is 0 Å². The van der Waals surface area contributed by atoms with E-state index >= 15 is 0 Å². The zero-order chi connectivity index (χ0) is 12.3. The van der Waals surface area contributed by atoms with E-state index in [1.807, 2.05) is 0 Å². The number of nitrogens with two attached hydrogens (primary N) is 1. The van der Waals surface area contributed by atoms with E-state index in [4.69, 9.17) is 10.8 Å². The summed E-state index contributed by atoms with van der Waals surface area (Å²) in [6.45, 7) is 3.25. The Morgan fingerprint density at radius 3 is 2.44 bits per heavy atom. The molecule has 0 aliphatic heterocycles. The lowest BCUT2D eigenvalue weighted by Gasteiger charge is -2.17. The molecule has 4 N–H and O–H groups in total. The molecule has 1 aromatic heterocycles. The van der Waals surface area contributed by atoms with Gasteiger partial charge in [0.1, 0.15) is 5.57 Å². The van der Waals surface area contributed by atoms with Gasteiger partial charge in [-0.05, 0) is 19.9 Å². The van der Waals surface area contributed by atoms with Gasteiger partial charge < -0.3 is 15.9 Å². The Bertz CT molecular complexity index is 416. The number of nitrogens with zero attached hydrogens (tertiary/aromatic N) is 1. The van der Waals surface area contributed by atoms with E-state index < -0.39 is 11.6 Å². The molecule has 0 amide bonds. The average Bonchev–Trinajstić information content (AvgIpc) is 2.17. The Morgan fingerprint density at radius 2 is 2.12 bits per heavy atom. The number of rotatable bonds is 3. The van der Waals surface area contributed by atoms with Crippen LogP contribution in [0.25, 0.3) is 5.57 Å². The van der Waals surface area contributed by atoms with Crippen LogP contribution in [0.5, 0.6) is 0 Å². The molecule has 0 spiro atoms. The molecule has 16 heavy (non-hydrogen) atoms. The van der Waals surface area contributed by atoms with Gasteiger partial charge in [0.2, 0.25) is 0 Å². The molecule has 0 unspecified atom stereocenters. The minimum atomic E-state index is -1.13. The van der Waals surface area contributed by atoms with Crippen LogP contribution in [0.4, 0.5) is 0 Å². The van der Waals surface area contributed by atoms with Gasteiger partial charge >= 0.3 is 5.97 Å². The summed E-state index contributed by atoms with van der Waals surface area (Å²) in [5.74, 6) is -1.13. The predicted octanol–water partition coefficient (Wildman–Crippen LogP) is 0.693. The van der Waals surface area contributed by atoms with E-state index in [2.05, 4.69) is 4.98 Å². The Balaban J connectivity index is 3.09. The van der Waals surface area contributed by atoms with Gasteiger partial charge in [0.25, 0.3) is 0 Å². The van der Waals surface area contributed by atoms with Crippen molar-refractivity contribution in [3.05, 3.63) is 35.8 Å². The van der Waals surface area contributed by atoms with Crippen LogP contribution in [-0.2, 0) is 10.4 Å². The van der Waals surface area contributed by atoms with E-state index in [0.29, 0.717) is 5.56 Å². The smallest absolute Gasteiger partial charge is 0.339 e. The van der Waals surface area contributed by atoms with Crippen molar-refractivity contribution in [2.24, 2.45) is 5.73 Å². The van der Waals surface area contributed by atoms with Crippen molar-refractivity contribution < 1.29 is 15.0 Å². The summed E-state index contributed by atoms with van der Waals surface area (Å²) in [7, 11) is 0. The lowest BCUT2D eigenvalue weighted by molar-refractivity contribution is -0.130. The first-order valence-corrected chi connectivity index (χ1v) is 4.70. The number of carbonyl (C=O) groups is 1. The van der Waals surface area contributed by atoms with Gasteiger partial charge in [-0.2, -0.15) is 0 Å². The molecule has 0 aromatic carbocycles. The molecule has 0 aliphatic rings. The van der Waals surface area contributed by atoms with Crippen LogP contribution in [-0.4, -0.2) is 21.2 Å². The summed E-state index contributed by atoms with van der Waals surface area (Å²) in [6.07, 6.45) is 2.43. The van der Waals surface area contributed by atoms with Gasteiger partial charge in [0, 0.05) is 18.0 Å². The fourth-order valence-corrected chi connectivity index (χ4v) is 1.18. The zero-order valence-corrected chi connectivity index (χ0v) is 9.14. The third-order valence-corrected chi connectivity index (χ3v) is 2.14. The molecular formula is C11H14N2O3. The molecule has 1 rings (SSSR count). The molecule has 0 fully saturated rings. The second-order valence-electron chi connectivity index (χ2n) is 3.88. The van der Waals surface area contributed by atoms with E-state index in [1.54, 1.807) is 19.9 Å². The van der Waals surface area contributed by atoms with Crippen LogP contribution in [0.15, 0.2) is 24.5 Å². The Hall–Kier alpha value is -1.88. The fourth-order valence-electron chi connectivity index (χ4n) is 1.18. The van der Waals surface area contributed by atoms with Crippen molar-refractivity contribution in [3.8, 4) is 0 Å². The van der Waals surface area contributed by atoms with Crippen LogP contribution in [0, 0.1) is 0 Å². The van der Waals surface area contributed by atoms with Crippen molar-refractivity contribution in [2.45, 2.75) is 19.4 Å². The third-order valence-electron chi connectivity index (χ3n) is 2.14. The van der Waals surface area contributed by atoms with Crippen LogP contribution in [0.2, 0.25) is 0 Å². The second-order valence-corrected chi connectivity index (χ2v) is 3.88. The van der Waals surface area contributed by atoms with Gasteiger partial charge in [0.15, 0.2) is 0 Å². The Labute approximate surface area is 93.2 Å². The highest BCUT2D eigenvalue weighted by molar-refractivity contribution is 6.14. The lowest BCUT2D eigenvalue weighted by Crippen LogP contribution is -2.16. The summed E-state index contributed by atoms with van der Waals surface area (Å²) < 4.78 is 0. The first-order valence-electron chi connectivity index (χ1n) is 4.70. The number of hydrogen-bond acceptors (Lipinski definition) is 4. The van der Waals surface area contributed by atoms with Gasteiger partial charge in [0.05, 0.1) is 11.3 Å². The number of carboxylic acids is 1. The summed E-state index contributed by atoms with van der Waals surface area (Å²) in [5, 5.41) is 18.5. The predicted molar refractivity (Wildman–Crippen MR) is 59.3 cm³/mol. The second kappa shape index (κ2) is 4.32. The number of pyridine rings is 1. The van der Waals surface area contributed by atoms with Gasteiger partial charge in [-0.25, -0.2) is 4.79 Å². The standard InChI is InChI=1S/C11H14N2O3/c1-11(2,16)7-3-4-9(13-6-7)8(5-12)10(14)15/h3-6,16H,12H2,1-2H3,(H,14,15). The van der Waals surface area contributed by atoms with Crippen molar-refractivity contribution in [2.75, 3.05) is 0 Å². The van der Waals surface area contributed by atoms with E-state index in [-0.39, 0.29) is 11.3 Å². The van der Waals surface area contributed by atoms with E-state index in [9.17, 15) is 9.90 Å². The normalized spacial score (nSPS) is 12.6. The number of carboxylic acid groups (broad SMARTS) is 1. The molecule has 5 nitrogen and oxygen atoms in total. The molecule has 1 aromatic rings. The Kier molecular flexibility index (Phi) is 3.29. The molecule has 0 radical (unpaired) electrons. The van der Waals surface area contributed by atoms with Crippen LogP contribution in [0.1, 0.15) is 25.1 Å². The molecule has 1 heterocycles. The lowest BCUT2D eigenvalue weighted by atomic mass is 10.00. The molecule has 0 atom stereocenters. The van der Waals surface area contributed by atoms with Crippen LogP contribution < -0.4 is 5.73 Å². The first-order chi connectivity index (χ1) is 7.36. The summed E-state index contributed by atoms with van der Waals surface area (Å²) in [6, 6.07) is 3.13. The zero-order valence-electron chi connectivity index (χ0n) is 9.14. The largest absolute Gasteiger partial charge is 0.478 e. The molecule has 0 bridgehead atoms. The van der Waals surface area contributed by atoms with Crippen molar-refractivity contribution in [1.29, 1.82) is 0 Å². The third kappa shape index (κ3) is 2.58. The van der Waals surface area contributed by atoms with Gasteiger partial charge in [-0.15, -0.1) is 0 Å². The highest BCUT2D eigenvalue weighted by Crippen LogP contribution is 2.20. The highest BCUT2D eigenvalue weighted by atomic mass is 16.4. The molecule has 86 valence electrons. The first kappa shape index (κ1) is 12.2. The fraction of sp³-hybridized carbons (Fsp3) is 0.273. The summed E-state index contributed by atoms with van der Waals surface area (Å²) in [5.41, 5.74) is 5.01. The van der Waals surface area contributed by atoms with Crippen LogP contribution >= 0.6 is 0 Å². The minimum Gasteiger partial charge on any atom is -0.478 e. The van der Waals surface area contributed by atoms with Crippen molar-refractivity contribution in [1.82, 2.24) is 4.98 Å². The summed E-state index contributed by atoms with van der Waals surface area (Å²) >= 11 is 0. The quantitative estimate of drug-likeness (QED) is 0.654. The van der Waals surface area contributed by atoms with Gasteiger partial charge in [-0.3, -0.25) is 4.98 Å². The SMILES string of the molecule is CC(C)(O)c1ccc(C(=CN)C(=O)O)nc1. The Morgan fingerprint density at radius 1 is 1.50 bits per heavy atom. The maximum absolute atomic E-state index is 10.8. The van der Waals surface area contributed by atoms with Gasteiger partial charge in [-0.1, -0.05) is 6.07 Å². The molecule has 5 heteroatoms. The maximum Gasteiger partial charge on any atom is 0.339 e. The maximum atomic E-state index is 10.8. The number of hydrogen-bond donors (Lipinski definition) is 3. The molecule has 0 saturated heterocycles. The number of aliphatic hydroxyl groups is 1. The topological polar surface area (TPSA) is 96.4 Å². The highest BCUT2D eigenvalue weighted by Gasteiger charge is 2.17.